The molecule has 0 aliphatic heterocycles. The molecule has 2 rings (SSSR count). The van der Waals surface area contributed by atoms with Gasteiger partial charge in [0.2, 0.25) is 0 Å². The van der Waals surface area contributed by atoms with E-state index in [0.717, 1.165) is 0 Å². The van der Waals surface area contributed by atoms with Crippen LogP contribution in [0.3, 0.4) is 0 Å². The summed E-state index contributed by atoms with van der Waals surface area (Å²) in [5.41, 5.74) is 5.23. The lowest BCUT2D eigenvalue weighted by atomic mass is 10.1. The molecule has 124 valence electrons. The maximum absolute atomic E-state index is 13.5. The number of nitrogens with one attached hydrogen (secondary N) is 2. The van der Waals surface area contributed by atoms with Crippen molar-refractivity contribution in [2.75, 3.05) is 12.4 Å². The molecule has 0 spiro atoms. The van der Waals surface area contributed by atoms with E-state index in [-0.39, 0.29) is 18.1 Å². The molecule has 1 aromatic heterocycles. The van der Waals surface area contributed by atoms with Crippen molar-refractivity contribution in [3.05, 3.63) is 59.5 Å². The van der Waals surface area contributed by atoms with Crippen molar-refractivity contribution in [1.29, 1.82) is 5.41 Å². The molecule has 0 saturated heterocycles. The first-order chi connectivity index (χ1) is 11.2. The minimum Gasteiger partial charge on any atom is -0.365 e. The molecule has 6 heteroatoms. The number of carbonyl (C=O) groups is 1. The van der Waals surface area contributed by atoms with Gasteiger partial charge in [0.25, 0.3) is 0 Å². The van der Waals surface area contributed by atoms with Crippen LogP contribution in [0.5, 0.6) is 0 Å². The van der Waals surface area contributed by atoms with E-state index < -0.39 is 0 Å². The molecule has 1 aromatic carbocycles. The summed E-state index contributed by atoms with van der Waals surface area (Å²) in [6, 6.07) is 9.66. The van der Waals surface area contributed by atoms with Gasteiger partial charge in [-0.05, 0) is 25.2 Å². The van der Waals surface area contributed by atoms with Crippen molar-refractivity contribution in [3.8, 4) is 0 Å². The lowest BCUT2D eigenvalue weighted by Gasteiger charge is -2.09. The third-order valence-corrected chi connectivity index (χ3v) is 2.62. The first kappa shape index (κ1) is 20.4. The van der Waals surface area contributed by atoms with Gasteiger partial charge in [-0.2, -0.15) is 0 Å². The number of halogens is 1. The van der Waals surface area contributed by atoms with Crippen LogP contribution in [0.25, 0.3) is 0 Å². The first-order valence-corrected chi connectivity index (χ1v) is 7.26. The predicted octanol–water partition coefficient (Wildman–Crippen LogP) is 3.00. The summed E-state index contributed by atoms with van der Waals surface area (Å²) in [6.07, 6.45) is 2.00. The van der Waals surface area contributed by atoms with Gasteiger partial charge in [-0.3, -0.25) is 10.2 Å². The van der Waals surface area contributed by atoms with E-state index >= 15 is 0 Å². The van der Waals surface area contributed by atoms with Crippen molar-refractivity contribution >= 4 is 17.8 Å². The van der Waals surface area contributed by atoms with Gasteiger partial charge in [0.15, 0.2) is 6.29 Å². The molecule has 0 aliphatic carbocycles. The summed E-state index contributed by atoms with van der Waals surface area (Å²) in [5, 5.41) is 10.5. The number of rotatable bonds is 5. The van der Waals surface area contributed by atoms with Crippen molar-refractivity contribution in [1.82, 2.24) is 4.98 Å². The second kappa shape index (κ2) is 12.0. The van der Waals surface area contributed by atoms with Crippen LogP contribution in [-0.4, -0.2) is 24.0 Å². The van der Waals surface area contributed by atoms with Crippen molar-refractivity contribution in [2.45, 2.75) is 20.4 Å². The summed E-state index contributed by atoms with van der Waals surface area (Å²) < 4.78 is 13.5. The minimum absolute atomic E-state index is 0.163. The van der Waals surface area contributed by atoms with E-state index in [4.69, 9.17) is 5.41 Å². The van der Waals surface area contributed by atoms with E-state index in [2.05, 4.69) is 16.0 Å². The Morgan fingerprint density at radius 3 is 2.52 bits per heavy atom. The van der Waals surface area contributed by atoms with E-state index in [9.17, 15) is 9.18 Å². The Balaban J connectivity index is 0.00000112. The van der Waals surface area contributed by atoms with Gasteiger partial charge >= 0.3 is 0 Å². The van der Waals surface area contributed by atoms with Gasteiger partial charge in [0, 0.05) is 23.9 Å². The number of nitrogens with zero attached hydrogens (tertiary/aromatic N) is 1. The molecular formula is C17H23FN4O. The average molecular weight is 318 g/mol. The summed E-state index contributed by atoms with van der Waals surface area (Å²) >= 11 is 0. The molecule has 2 aromatic rings. The zero-order valence-electron chi connectivity index (χ0n) is 13.6. The van der Waals surface area contributed by atoms with Gasteiger partial charge in [-0.15, -0.1) is 0 Å². The molecule has 0 fully saturated rings. The number of hydrogen-bond acceptors (Lipinski definition) is 5. The van der Waals surface area contributed by atoms with Crippen molar-refractivity contribution in [2.24, 2.45) is 5.73 Å². The van der Waals surface area contributed by atoms with Gasteiger partial charge in [0.05, 0.1) is 0 Å². The Morgan fingerprint density at radius 1 is 1.26 bits per heavy atom. The molecule has 0 bridgehead atoms. The second-order valence-electron chi connectivity index (χ2n) is 3.88. The Labute approximate surface area is 136 Å². The van der Waals surface area contributed by atoms with Gasteiger partial charge in [0.1, 0.15) is 17.3 Å². The van der Waals surface area contributed by atoms with Crippen LogP contribution in [0.15, 0.2) is 42.6 Å². The number of benzene rings is 1. The molecule has 1 heterocycles. The first-order valence-electron chi connectivity index (χ1n) is 7.26. The fourth-order valence-corrected chi connectivity index (χ4v) is 1.65. The predicted molar refractivity (Wildman–Crippen MR) is 92.3 cm³/mol. The quantitative estimate of drug-likeness (QED) is 0.584. The number of pyridine rings is 1. The van der Waals surface area contributed by atoms with Crippen LogP contribution in [0.4, 0.5) is 10.2 Å². The highest BCUT2D eigenvalue weighted by Crippen LogP contribution is 2.14. The third-order valence-electron chi connectivity index (χ3n) is 2.62. The highest BCUT2D eigenvalue weighted by molar-refractivity contribution is 6.36. The summed E-state index contributed by atoms with van der Waals surface area (Å²) in [7, 11) is 1.50. The lowest BCUT2D eigenvalue weighted by Crippen LogP contribution is -2.10. The molecule has 0 aliphatic rings. The zero-order valence-corrected chi connectivity index (χ0v) is 13.6. The second-order valence-corrected chi connectivity index (χ2v) is 3.88. The maximum atomic E-state index is 13.5. The maximum Gasteiger partial charge on any atom is 0.168 e. The SMILES string of the molecule is CC.CN.N=C(C=O)c1cccnc1NCc1ccccc1F. The monoisotopic (exact) mass is 318 g/mol. The third kappa shape index (κ3) is 6.36. The Morgan fingerprint density at radius 2 is 1.91 bits per heavy atom. The molecule has 0 atom stereocenters. The minimum atomic E-state index is -0.307. The summed E-state index contributed by atoms with van der Waals surface area (Å²) in [4.78, 5) is 14.7. The van der Waals surface area contributed by atoms with Gasteiger partial charge in [-0.25, -0.2) is 9.37 Å². The number of aldehydes is 1. The normalized spacial score (nSPS) is 8.74. The number of aromatic nitrogens is 1. The topological polar surface area (TPSA) is 91.9 Å². The van der Waals surface area contributed by atoms with Crippen LogP contribution < -0.4 is 11.1 Å². The van der Waals surface area contributed by atoms with Crippen LogP contribution in [0, 0.1) is 11.2 Å². The van der Waals surface area contributed by atoms with Crippen LogP contribution >= 0.6 is 0 Å². The lowest BCUT2D eigenvalue weighted by molar-refractivity contribution is -0.102. The van der Waals surface area contributed by atoms with Crippen LogP contribution in [-0.2, 0) is 11.3 Å². The molecule has 0 amide bonds. The molecule has 0 saturated carbocycles. The van der Waals surface area contributed by atoms with Gasteiger partial charge in [-0.1, -0.05) is 32.0 Å². The smallest absolute Gasteiger partial charge is 0.168 e. The highest BCUT2D eigenvalue weighted by Gasteiger charge is 2.08. The van der Waals surface area contributed by atoms with Crippen LogP contribution in [0.1, 0.15) is 25.0 Å². The zero-order chi connectivity index (χ0) is 17.7. The number of anilines is 1. The number of carbonyl (C=O) groups excluding carboxylic acids is 1. The Kier molecular flexibility index (Phi) is 10.6. The van der Waals surface area contributed by atoms with E-state index in [1.165, 1.54) is 13.1 Å². The van der Waals surface area contributed by atoms with Crippen LogP contribution in [0.2, 0.25) is 0 Å². The highest BCUT2D eigenvalue weighted by atomic mass is 19.1. The standard InChI is InChI=1S/C14H12FN3O.C2H6.CH5N/c15-12-6-2-1-4-10(12)8-18-14-11(13(16)9-19)5-3-7-17-14;2*1-2/h1-7,9,16H,8H2,(H,17,18);1-2H3;2H2,1H3. The molecule has 5 nitrogen and oxygen atoms in total. The van der Waals surface area contributed by atoms with Gasteiger partial charge < -0.3 is 11.1 Å². The largest absolute Gasteiger partial charge is 0.365 e. The summed E-state index contributed by atoms with van der Waals surface area (Å²) in [5.74, 6) is 0.0841. The van der Waals surface area contributed by atoms with E-state index in [0.29, 0.717) is 23.2 Å². The molecule has 0 unspecified atom stereocenters. The van der Waals surface area contributed by atoms with Crippen molar-refractivity contribution in [3.63, 3.8) is 0 Å². The fourth-order valence-electron chi connectivity index (χ4n) is 1.65. The van der Waals surface area contributed by atoms with E-state index in [1.54, 1.807) is 36.5 Å². The average Bonchev–Trinajstić information content (AvgIpc) is 2.64. The number of nitrogens with two attached hydrogens (primary N) is 1. The molecular weight excluding hydrogens is 295 g/mol. The Bertz CT molecular complexity index is 617. The molecule has 4 N–H and O–H groups in total. The number of hydrogen-bond donors (Lipinski definition) is 3. The summed E-state index contributed by atoms with van der Waals surface area (Å²) in [6.45, 7) is 4.24. The molecule has 23 heavy (non-hydrogen) atoms. The Hall–Kier alpha value is -2.60. The fraction of sp³-hybridized carbons (Fsp3) is 0.235. The molecule has 0 radical (unpaired) electrons. The van der Waals surface area contributed by atoms with E-state index in [1.807, 2.05) is 13.8 Å². The van der Waals surface area contributed by atoms with Crippen molar-refractivity contribution < 1.29 is 9.18 Å².